The average Bonchev–Trinajstić information content (AvgIpc) is 3.52. The molecule has 198 valence electrons. The molecule has 1 heterocycles. The first-order chi connectivity index (χ1) is 19.3. The zero-order valence-corrected chi connectivity index (χ0v) is 23.2. The number of aromatic nitrogens is 1. The van der Waals surface area contributed by atoms with Crippen LogP contribution in [0.5, 0.6) is 0 Å². The van der Waals surface area contributed by atoms with E-state index in [0.717, 1.165) is 27.7 Å². The lowest BCUT2D eigenvalue weighted by atomic mass is 9.70. The monoisotopic (exact) mass is 543 g/mol. The number of para-hydroxylation sites is 1. The number of carbonyl (C=O) groups is 1. The number of nitrogens with zero attached hydrogens (tertiary/aromatic N) is 1. The number of fused-ring (bicyclic) bond motifs is 1. The summed E-state index contributed by atoms with van der Waals surface area (Å²) in [4.78, 5) is 12.5. The molecule has 1 aromatic heterocycles. The Hall–Kier alpha value is -4.48. The number of hydrogen-bond donors (Lipinski definition) is 0. The average molecular weight is 544 g/mol. The minimum absolute atomic E-state index is 0.0209. The van der Waals surface area contributed by atoms with Gasteiger partial charge in [-0.15, -0.1) is 0 Å². The van der Waals surface area contributed by atoms with E-state index in [0.29, 0.717) is 17.5 Å². The Morgan fingerprint density at radius 2 is 1.43 bits per heavy atom. The van der Waals surface area contributed by atoms with Crippen molar-refractivity contribution in [3.05, 3.63) is 150 Å². The summed E-state index contributed by atoms with van der Waals surface area (Å²) in [5.41, 5.74) is 5.99. The molecule has 0 N–H and O–H groups in total. The first kappa shape index (κ1) is 25.8. The summed E-state index contributed by atoms with van der Waals surface area (Å²) in [7, 11) is -3.82. The van der Waals surface area contributed by atoms with E-state index in [4.69, 9.17) is 0 Å². The van der Waals surface area contributed by atoms with Crippen molar-refractivity contribution < 1.29 is 13.2 Å². The van der Waals surface area contributed by atoms with Crippen LogP contribution in [0.4, 0.5) is 0 Å². The Bertz CT molecular complexity index is 1920. The maximum absolute atomic E-state index is 13.8. The molecule has 0 radical (unpaired) electrons. The molecule has 0 aliphatic heterocycles. The smallest absolute Gasteiger partial charge is 0.268 e. The summed E-state index contributed by atoms with van der Waals surface area (Å²) in [5.74, 6) is 0.0209. The number of benzene rings is 4. The van der Waals surface area contributed by atoms with Gasteiger partial charge in [0.2, 0.25) is 0 Å². The van der Waals surface area contributed by atoms with Gasteiger partial charge in [-0.1, -0.05) is 104 Å². The predicted molar refractivity (Wildman–Crippen MR) is 162 cm³/mol. The summed E-state index contributed by atoms with van der Waals surface area (Å²) in [6.07, 6.45) is 6.71. The van der Waals surface area contributed by atoms with Gasteiger partial charge in [0.1, 0.15) is 0 Å². The number of allylic oxidation sites excluding steroid dienone is 4. The highest BCUT2D eigenvalue weighted by molar-refractivity contribution is 7.90. The quantitative estimate of drug-likeness (QED) is 0.197. The Morgan fingerprint density at radius 3 is 2.15 bits per heavy atom. The summed E-state index contributed by atoms with van der Waals surface area (Å²) in [6, 6.07) is 34.3. The van der Waals surface area contributed by atoms with Gasteiger partial charge in [-0.2, -0.15) is 0 Å². The zero-order chi connectivity index (χ0) is 27.9. The van der Waals surface area contributed by atoms with Crippen LogP contribution < -0.4 is 0 Å². The normalized spacial score (nSPS) is 17.1. The molecule has 1 atom stereocenters. The van der Waals surface area contributed by atoms with Crippen molar-refractivity contribution in [1.29, 1.82) is 0 Å². The summed E-state index contributed by atoms with van der Waals surface area (Å²) in [5, 5.41) is 0.875. The van der Waals surface area contributed by atoms with E-state index in [1.807, 2.05) is 72.8 Å². The minimum atomic E-state index is -3.82. The van der Waals surface area contributed by atoms with Crippen LogP contribution in [0.15, 0.2) is 132 Å². The van der Waals surface area contributed by atoms with Gasteiger partial charge < -0.3 is 0 Å². The van der Waals surface area contributed by atoms with Crippen LogP contribution in [0.1, 0.15) is 40.9 Å². The largest absolute Gasteiger partial charge is 0.295 e. The van der Waals surface area contributed by atoms with Gasteiger partial charge in [-0.05, 0) is 59.9 Å². The molecule has 0 spiro atoms. The molecule has 5 aromatic rings. The van der Waals surface area contributed by atoms with Crippen LogP contribution in [-0.4, -0.2) is 18.2 Å². The van der Waals surface area contributed by atoms with Gasteiger partial charge in [0.05, 0.1) is 10.4 Å². The fourth-order valence-corrected chi connectivity index (χ4v) is 7.24. The van der Waals surface area contributed by atoms with Gasteiger partial charge in [0.15, 0.2) is 5.78 Å². The molecule has 4 nitrogen and oxygen atoms in total. The second kappa shape index (κ2) is 9.92. The van der Waals surface area contributed by atoms with Crippen molar-refractivity contribution in [2.45, 2.75) is 25.2 Å². The van der Waals surface area contributed by atoms with E-state index < -0.39 is 15.4 Å². The lowest BCUT2D eigenvalue weighted by Crippen LogP contribution is -2.22. The molecular weight excluding hydrogens is 514 g/mol. The van der Waals surface area contributed by atoms with Crippen molar-refractivity contribution in [2.75, 3.05) is 0 Å². The highest BCUT2D eigenvalue weighted by Gasteiger charge is 2.39. The molecule has 1 unspecified atom stereocenters. The number of rotatable bonds is 7. The molecule has 0 bridgehead atoms. The standard InChI is InChI=1S/C35H29NO3S/c1-25(37)27-14-11-15-28(22-27)32-20-21-33(35(32,2)23-26-12-5-3-6-13-26)31-24-36(34-19-10-9-18-30(31)34)40(38,39)29-16-7-4-8-17-29/h3-22,24H,23H2,1-2H3. The molecule has 0 saturated carbocycles. The van der Waals surface area contributed by atoms with Crippen molar-refractivity contribution >= 4 is 37.9 Å². The van der Waals surface area contributed by atoms with Crippen molar-refractivity contribution in [2.24, 2.45) is 5.41 Å². The van der Waals surface area contributed by atoms with E-state index in [9.17, 15) is 13.2 Å². The fraction of sp³-hybridized carbons (Fsp3) is 0.114. The van der Waals surface area contributed by atoms with Crippen molar-refractivity contribution in [3.8, 4) is 0 Å². The van der Waals surface area contributed by atoms with E-state index in [1.54, 1.807) is 37.4 Å². The van der Waals surface area contributed by atoms with Crippen LogP contribution in [0.2, 0.25) is 0 Å². The molecule has 0 saturated heterocycles. The van der Waals surface area contributed by atoms with Crippen molar-refractivity contribution in [3.63, 3.8) is 0 Å². The summed E-state index contributed by atoms with van der Waals surface area (Å²) in [6.45, 7) is 3.79. The summed E-state index contributed by atoms with van der Waals surface area (Å²) >= 11 is 0. The molecule has 0 fully saturated rings. The third-order valence-electron chi connectivity index (χ3n) is 7.85. The van der Waals surface area contributed by atoms with E-state index >= 15 is 0 Å². The van der Waals surface area contributed by atoms with E-state index in [2.05, 4.69) is 31.2 Å². The topological polar surface area (TPSA) is 56.1 Å². The van der Waals surface area contributed by atoms with Crippen LogP contribution in [-0.2, 0) is 16.4 Å². The zero-order valence-electron chi connectivity index (χ0n) is 22.4. The Morgan fingerprint density at radius 1 is 0.775 bits per heavy atom. The third-order valence-corrected chi connectivity index (χ3v) is 9.54. The number of carbonyl (C=O) groups excluding carboxylic acids is 1. The lowest BCUT2D eigenvalue weighted by molar-refractivity contribution is 0.101. The minimum Gasteiger partial charge on any atom is -0.295 e. The number of ketones is 1. The van der Waals surface area contributed by atoms with Gasteiger partial charge in [0.25, 0.3) is 10.0 Å². The second-order valence-electron chi connectivity index (χ2n) is 10.5. The van der Waals surface area contributed by atoms with Gasteiger partial charge in [0, 0.05) is 28.1 Å². The lowest BCUT2D eigenvalue weighted by Gasteiger charge is -2.33. The van der Waals surface area contributed by atoms with Crippen LogP contribution in [0.25, 0.3) is 22.0 Å². The van der Waals surface area contributed by atoms with E-state index in [-0.39, 0.29) is 10.7 Å². The maximum atomic E-state index is 13.8. The third kappa shape index (κ3) is 4.33. The molecular formula is C35H29NO3S. The highest BCUT2D eigenvalue weighted by atomic mass is 32.2. The molecule has 4 aromatic carbocycles. The van der Waals surface area contributed by atoms with E-state index in [1.165, 1.54) is 9.54 Å². The molecule has 1 aliphatic rings. The van der Waals surface area contributed by atoms with Crippen LogP contribution in [0, 0.1) is 5.41 Å². The molecule has 1 aliphatic carbocycles. The SMILES string of the molecule is CC(=O)c1cccc(C2=CC=C(c3cn(S(=O)(=O)c4ccccc4)c4ccccc34)C2(C)Cc2ccccc2)c1. The molecule has 6 rings (SSSR count). The Balaban J connectivity index is 1.54. The second-order valence-corrected chi connectivity index (χ2v) is 12.3. The van der Waals surface area contributed by atoms with Crippen LogP contribution in [0.3, 0.4) is 0 Å². The van der Waals surface area contributed by atoms with Crippen LogP contribution >= 0.6 is 0 Å². The predicted octanol–water partition coefficient (Wildman–Crippen LogP) is 7.81. The Labute approximate surface area is 235 Å². The number of Topliss-reactive ketones (excluding diaryl/α,β-unsaturated/α-hetero) is 1. The Kier molecular flexibility index (Phi) is 6.40. The van der Waals surface area contributed by atoms with Crippen molar-refractivity contribution in [1.82, 2.24) is 3.97 Å². The fourth-order valence-electron chi connectivity index (χ4n) is 5.85. The number of hydrogen-bond acceptors (Lipinski definition) is 3. The molecule has 5 heteroatoms. The van der Waals surface area contributed by atoms with Gasteiger partial charge in [-0.25, -0.2) is 12.4 Å². The first-order valence-corrected chi connectivity index (χ1v) is 14.7. The van der Waals surface area contributed by atoms with Gasteiger partial charge in [-0.3, -0.25) is 4.79 Å². The molecule has 0 amide bonds. The maximum Gasteiger partial charge on any atom is 0.268 e. The summed E-state index contributed by atoms with van der Waals surface area (Å²) < 4.78 is 29.0. The molecule has 40 heavy (non-hydrogen) atoms. The van der Waals surface area contributed by atoms with Gasteiger partial charge >= 0.3 is 0 Å². The highest BCUT2D eigenvalue weighted by Crippen LogP contribution is 2.53. The first-order valence-electron chi connectivity index (χ1n) is 13.3.